The number of allylic oxidation sites excluding steroid dienone is 2. The Bertz CT molecular complexity index is 1010. The fraction of sp³-hybridized carbons (Fsp3) is 0.806. The van der Waals surface area contributed by atoms with Gasteiger partial charge in [-0.3, -0.25) is 19.2 Å². The second kappa shape index (κ2) is 7.57. The van der Waals surface area contributed by atoms with Gasteiger partial charge in [0.15, 0.2) is 5.41 Å². The van der Waals surface area contributed by atoms with Crippen LogP contribution in [0.5, 0.6) is 0 Å². The lowest BCUT2D eigenvalue weighted by Crippen LogP contribution is -2.40. The van der Waals surface area contributed by atoms with Crippen LogP contribution in [0.25, 0.3) is 0 Å². The van der Waals surface area contributed by atoms with Crippen molar-refractivity contribution in [1.82, 2.24) is 0 Å². The summed E-state index contributed by atoms with van der Waals surface area (Å²) >= 11 is 0. The molecule has 0 saturated heterocycles. The second-order valence-corrected chi connectivity index (χ2v) is 13.9. The summed E-state index contributed by atoms with van der Waals surface area (Å²) in [6, 6.07) is 0. The Hall–Kier alpha value is -1.98. The van der Waals surface area contributed by atoms with Gasteiger partial charge in [0.25, 0.3) is 0 Å². The Morgan fingerprint density at radius 3 is 1.19 bits per heavy atom. The van der Waals surface area contributed by atoms with Crippen LogP contribution in [0.1, 0.15) is 53.4 Å². The van der Waals surface area contributed by atoms with Gasteiger partial charge in [0.05, 0.1) is 14.2 Å². The van der Waals surface area contributed by atoms with E-state index in [9.17, 15) is 19.2 Å². The van der Waals surface area contributed by atoms with Gasteiger partial charge in [-0.15, -0.1) is 0 Å². The van der Waals surface area contributed by atoms with Gasteiger partial charge >= 0.3 is 11.9 Å². The standard InChI is InChI=1S/C31H40O6/c1-11-15-7-16(12(2)27(11)32)22-21(15)25(22)19-9-31(29(34)36-5,30(35)37-6)10-20(19)26-23-17-8-18(24(23)26)14(4)28(33)13(17)3/h11-18,21-26H,7-10H2,1-6H3/t11-,12+,13-,14+,15-,16+,17-,18+,21-,22+,23-,24+,25?,26?. The van der Waals surface area contributed by atoms with Crippen molar-refractivity contribution in [3.8, 4) is 0 Å². The second-order valence-electron chi connectivity index (χ2n) is 13.9. The van der Waals surface area contributed by atoms with Gasteiger partial charge in [-0.1, -0.05) is 38.8 Å². The fourth-order valence-corrected chi connectivity index (χ4v) is 11.3. The maximum absolute atomic E-state index is 13.3. The molecular formula is C31H40O6. The summed E-state index contributed by atoms with van der Waals surface area (Å²) < 4.78 is 10.5. The highest BCUT2D eigenvalue weighted by Gasteiger charge is 2.74. The minimum absolute atomic E-state index is 0.0926. The maximum atomic E-state index is 13.3. The van der Waals surface area contributed by atoms with Crippen LogP contribution < -0.4 is 0 Å². The summed E-state index contributed by atoms with van der Waals surface area (Å²) in [6.07, 6.45) is 3.06. The molecule has 6 heteroatoms. The first-order valence-corrected chi connectivity index (χ1v) is 14.5. The number of carbonyl (C=O) groups is 4. The van der Waals surface area contributed by atoms with Gasteiger partial charge in [0, 0.05) is 23.7 Å². The Kier molecular flexibility index (Phi) is 4.93. The SMILES string of the molecule is COC(=O)C1(C(=O)OC)CC(C2[C@@H]3[C@@H]4C[C@H]([C@H]23)[C@H](C)C(=O)[C@@H]4C)=C(C2[C@@H]3[C@@H]4C[C@H]([C@H]23)[C@H](C)C(=O)[C@@H]4C)C1. The number of hydrogen-bond donors (Lipinski definition) is 0. The molecule has 7 aliphatic carbocycles. The van der Waals surface area contributed by atoms with Gasteiger partial charge < -0.3 is 9.47 Å². The van der Waals surface area contributed by atoms with E-state index in [2.05, 4.69) is 27.7 Å². The summed E-state index contributed by atoms with van der Waals surface area (Å²) in [5.41, 5.74) is 1.34. The van der Waals surface area contributed by atoms with E-state index in [0.717, 1.165) is 12.8 Å². The topological polar surface area (TPSA) is 86.7 Å². The number of rotatable bonds is 4. The minimum Gasteiger partial charge on any atom is -0.468 e. The molecule has 200 valence electrons. The Morgan fingerprint density at radius 2 is 0.919 bits per heavy atom. The molecule has 0 aromatic rings. The molecule has 6 nitrogen and oxygen atoms in total. The van der Waals surface area contributed by atoms with Crippen LogP contribution in [0.3, 0.4) is 0 Å². The number of ether oxygens (including phenoxy) is 2. The predicted octanol–water partition coefficient (Wildman–Crippen LogP) is 4.12. The van der Waals surface area contributed by atoms with Gasteiger partial charge in [0.2, 0.25) is 0 Å². The van der Waals surface area contributed by atoms with Crippen molar-refractivity contribution in [2.24, 2.45) is 88.3 Å². The van der Waals surface area contributed by atoms with Crippen LogP contribution in [0.2, 0.25) is 0 Å². The molecule has 2 unspecified atom stereocenters. The molecule has 0 aliphatic heterocycles. The Morgan fingerprint density at radius 1 is 0.622 bits per heavy atom. The summed E-state index contributed by atoms with van der Waals surface area (Å²) in [5.74, 6) is 4.58. The zero-order chi connectivity index (χ0) is 26.3. The number of carbonyl (C=O) groups excluding carboxylic acids is 4. The summed E-state index contributed by atoms with van der Waals surface area (Å²) in [6.45, 7) is 8.45. The normalized spacial score (nSPS) is 52.1. The third kappa shape index (κ3) is 2.78. The van der Waals surface area contributed by atoms with E-state index in [0.29, 0.717) is 83.6 Å². The van der Waals surface area contributed by atoms with Gasteiger partial charge in [-0.25, -0.2) is 0 Å². The minimum atomic E-state index is -1.30. The third-order valence-electron chi connectivity index (χ3n) is 13.0. The fourth-order valence-electron chi connectivity index (χ4n) is 11.3. The van der Waals surface area contributed by atoms with Gasteiger partial charge in [0.1, 0.15) is 11.6 Å². The van der Waals surface area contributed by atoms with Gasteiger partial charge in [-0.2, -0.15) is 0 Å². The van der Waals surface area contributed by atoms with Crippen molar-refractivity contribution in [3.05, 3.63) is 11.1 Å². The molecule has 7 aliphatic rings. The van der Waals surface area contributed by atoms with Crippen LogP contribution in [0, 0.1) is 88.3 Å². The molecule has 0 spiro atoms. The summed E-state index contributed by atoms with van der Waals surface area (Å²) in [7, 11) is 2.72. The summed E-state index contributed by atoms with van der Waals surface area (Å²) in [4.78, 5) is 52.3. The van der Waals surface area contributed by atoms with Gasteiger partial charge in [-0.05, 0) is 84.9 Å². The molecule has 37 heavy (non-hydrogen) atoms. The van der Waals surface area contributed by atoms with E-state index in [1.54, 1.807) is 0 Å². The monoisotopic (exact) mass is 508 g/mol. The summed E-state index contributed by atoms with van der Waals surface area (Å²) in [5, 5.41) is 0. The Balaban J connectivity index is 1.28. The maximum Gasteiger partial charge on any atom is 0.323 e. The van der Waals surface area contributed by atoms with Crippen molar-refractivity contribution in [3.63, 3.8) is 0 Å². The van der Waals surface area contributed by atoms with E-state index in [1.165, 1.54) is 25.4 Å². The zero-order valence-electron chi connectivity index (χ0n) is 22.9. The Labute approximate surface area is 219 Å². The molecule has 6 fully saturated rings. The molecule has 14 atom stereocenters. The number of ketones is 2. The van der Waals surface area contributed by atoms with Crippen molar-refractivity contribution >= 4 is 23.5 Å². The van der Waals surface area contributed by atoms with Crippen LogP contribution >= 0.6 is 0 Å². The zero-order valence-corrected chi connectivity index (χ0v) is 22.9. The first-order valence-electron chi connectivity index (χ1n) is 14.5. The van der Waals surface area contributed by atoms with Crippen LogP contribution in [0.4, 0.5) is 0 Å². The predicted molar refractivity (Wildman–Crippen MR) is 134 cm³/mol. The number of fused-ring (bicyclic) bond motifs is 10. The number of Topliss-reactive ketones (excluding diaryl/α,β-unsaturated/α-hetero) is 2. The van der Waals surface area contributed by atoms with Crippen LogP contribution in [0.15, 0.2) is 11.1 Å². The lowest BCUT2D eigenvalue weighted by atomic mass is 9.68. The van der Waals surface area contributed by atoms with Crippen molar-refractivity contribution in [2.75, 3.05) is 14.2 Å². The smallest absolute Gasteiger partial charge is 0.323 e. The van der Waals surface area contributed by atoms with Crippen molar-refractivity contribution in [2.45, 2.75) is 53.4 Å². The lowest BCUT2D eigenvalue weighted by Gasteiger charge is -2.35. The van der Waals surface area contributed by atoms with E-state index in [1.807, 2.05) is 0 Å². The molecule has 0 aromatic heterocycles. The molecule has 0 aromatic carbocycles. The van der Waals surface area contributed by atoms with E-state index >= 15 is 0 Å². The third-order valence-corrected chi connectivity index (χ3v) is 13.0. The number of hydrogen-bond acceptors (Lipinski definition) is 6. The molecular weight excluding hydrogens is 468 g/mol. The average Bonchev–Trinajstić information content (AvgIpc) is 3.64. The largest absolute Gasteiger partial charge is 0.468 e. The molecule has 0 heterocycles. The first kappa shape index (κ1) is 24.1. The highest BCUT2D eigenvalue weighted by atomic mass is 16.5. The quantitative estimate of drug-likeness (QED) is 0.323. The lowest BCUT2D eigenvalue weighted by molar-refractivity contribution is -0.168. The van der Waals surface area contributed by atoms with Crippen LogP contribution in [-0.2, 0) is 28.7 Å². The number of esters is 2. The molecule has 0 N–H and O–H groups in total. The van der Waals surface area contributed by atoms with Crippen molar-refractivity contribution in [1.29, 1.82) is 0 Å². The van der Waals surface area contributed by atoms with E-state index < -0.39 is 17.4 Å². The molecule has 0 radical (unpaired) electrons. The average molecular weight is 509 g/mol. The van der Waals surface area contributed by atoms with Crippen LogP contribution in [-0.4, -0.2) is 37.7 Å². The van der Waals surface area contributed by atoms with E-state index in [4.69, 9.17) is 9.47 Å². The number of methoxy groups -OCH3 is 2. The highest BCUT2D eigenvalue weighted by molar-refractivity contribution is 6.01. The molecule has 6 saturated carbocycles. The molecule has 4 bridgehead atoms. The first-order chi connectivity index (χ1) is 17.6. The van der Waals surface area contributed by atoms with E-state index in [-0.39, 0.29) is 23.7 Å². The molecule has 0 amide bonds. The van der Waals surface area contributed by atoms with Crippen molar-refractivity contribution < 1.29 is 28.7 Å². The molecule has 7 rings (SSSR count). The highest BCUT2D eigenvalue weighted by Crippen LogP contribution is 2.77.